The van der Waals surface area contributed by atoms with Gasteiger partial charge in [0.1, 0.15) is 24.4 Å². The second-order valence-corrected chi connectivity index (χ2v) is 10.1. The second kappa shape index (κ2) is 13.8. The number of rotatable bonds is 12. The summed E-state index contributed by atoms with van der Waals surface area (Å²) in [7, 11) is 0. The highest BCUT2D eigenvalue weighted by atomic mass is 16.7. The summed E-state index contributed by atoms with van der Waals surface area (Å²) in [5, 5.41) is 22.6. The summed E-state index contributed by atoms with van der Waals surface area (Å²) in [6.45, 7) is 0.458. The summed E-state index contributed by atoms with van der Waals surface area (Å²) < 4.78 is 25.7. The predicted molar refractivity (Wildman–Crippen MR) is 152 cm³/mol. The molecule has 1 aliphatic heterocycles. The number of aliphatic hydroxyl groups excluding tert-OH is 1. The van der Waals surface area contributed by atoms with Crippen LogP contribution in [0.3, 0.4) is 0 Å². The molecule has 0 spiro atoms. The lowest BCUT2D eigenvalue weighted by molar-refractivity contribution is -0.368. The summed E-state index contributed by atoms with van der Waals surface area (Å²) in [5.74, 6) is -1.78. The van der Waals surface area contributed by atoms with Crippen molar-refractivity contribution >= 4 is 0 Å². The van der Waals surface area contributed by atoms with E-state index >= 15 is 0 Å². The van der Waals surface area contributed by atoms with E-state index in [0.29, 0.717) is 6.61 Å². The maximum absolute atomic E-state index is 12.1. The Morgan fingerprint density at radius 2 is 0.950 bits per heavy atom. The molecule has 6 heteroatoms. The van der Waals surface area contributed by atoms with Gasteiger partial charge in [-0.2, -0.15) is 0 Å². The molecule has 4 aromatic rings. The molecule has 0 saturated carbocycles. The number of hydrogen-bond donors (Lipinski definition) is 2. The van der Waals surface area contributed by atoms with Crippen molar-refractivity contribution in [3.05, 3.63) is 144 Å². The fraction of sp³-hybridized carbons (Fsp3) is 0.294. The minimum Gasteiger partial charge on any atom is -0.394 e. The Kier molecular flexibility index (Phi) is 9.73. The monoisotopic (exact) mass is 540 g/mol. The third-order valence-corrected chi connectivity index (χ3v) is 7.11. The van der Waals surface area contributed by atoms with Gasteiger partial charge in [-0.1, -0.05) is 121 Å². The van der Waals surface area contributed by atoms with Crippen molar-refractivity contribution in [1.29, 1.82) is 0 Å². The third-order valence-electron chi connectivity index (χ3n) is 7.11. The molecule has 1 heterocycles. The normalized spacial score (nSPS) is 24.6. The van der Waals surface area contributed by atoms with Gasteiger partial charge >= 0.3 is 0 Å². The maximum atomic E-state index is 12.1. The molecular formula is C34H36O6. The molecule has 5 rings (SSSR count). The molecule has 0 unspecified atom stereocenters. The van der Waals surface area contributed by atoms with Crippen LogP contribution < -0.4 is 0 Å². The molecule has 1 aliphatic rings. The van der Waals surface area contributed by atoms with Gasteiger partial charge in [0.05, 0.1) is 26.4 Å². The Bertz CT molecular complexity index is 1270. The van der Waals surface area contributed by atoms with E-state index in [9.17, 15) is 10.2 Å². The van der Waals surface area contributed by atoms with Crippen LogP contribution in [0.5, 0.6) is 0 Å². The first-order valence-electron chi connectivity index (χ1n) is 13.7. The van der Waals surface area contributed by atoms with Crippen LogP contribution in [-0.4, -0.2) is 47.0 Å². The van der Waals surface area contributed by atoms with Crippen LogP contribution in [0.4, 0.5) is 0 Å². The van der Waals surface area contributed by atoms with E-state index in [1.54, 1.807) is 0 Å². The molecule has 1 fully saturated rings. The van der Waals surface area contributed by atoms with E-state index in [-0.39, 0.29) is 26.2 Å². The Hall–Kier alpha value is -3.36. The highest BCUT2D eigenvalue weighted by Gasteiger charge is 2.56. The van der Waals surface area contributed by atoms with Gasteiger partial charge in [0.15, 0.2) is 5.79 Å². The molecular weight excluding hydrogens is 504 g/mol. The van der Waals surface area contributed by atoms with Crippen molar-refractivity contribution in [2.24, 2.45) is 0 Å². The Morgan fingerprint density at radius 1 is 0.550 bits per heavy atom. The fourth-order valence-electron chi connectivity index (χ4n) is 5.11. The number of benzene rings is 4. The van der Waals surface area contributed by atoms with Gasteiger partial charge in [0.25, 0.3) is 0 Å². The predicted octanol–water partition coefficient (Wildman–Crippen LogP) is 5.07. The molecule has 0 aliphatic carbocycles. The third kappa shape index (κ3) is 7.23. The minimum absolute atomic E-state index is 0.153. The smallest absolute Gasteiger partial charge is 0.199 e. The molecule has 4 aromatic carbocycles. The number of hydrogen-bond acceptors (Lipinski definition) is 6. The standard InChI is InChI=1S/C34H36O6/c35-22-30-31(37-23-27-15-7-2-8-16-27)32(38-24-28-17-9-3-10-18-28)33(39-25-29-19-11-4-12-20-29)34(36,40-30)21-26-13-5-1-6-14-26/h1-20,30-33,35-36H,21-25H2/t30-,31+,32-,33-,34+/m0/s1. The van der Waals surface area contributed by atoms with Crippen LogP contribution in [-0.2, 0) is 45.2 Å². The van der Waals surface area contributed by atoms with Crippen LogP contribution >= 0.6 is 0 Å². The molecule has 40 heavy (non-hydrogen) atoms. The van der Waals surface area contributed by atoms with Gasteiger partial charge in [-0.25, -0.2) is 0 Å². The number of aliphatic hydroxyl groups is 2. The van der Waals surface area contributed by atoms with Gasteiger partial charge in [-0.3, -0.25) is 0 Å². The molecule has 2 N–H and O–H groups in total. The van der Waals surface area contributed by atoms with Gasteiger partial charge in [0, 0.05) is 6.42 Å². The zero-order chi connectivity index (χ0) is 27.6. The molecule has 0 radical (unpaired) electrons. The largest absolute Gasteiger partial charge is 0.394 e. The quantitative estimate of drug-likeness (QED) is 0.262. The van der Waals surface area contributed by atoms with E-state index in [0.717, 1.165) is 22.3 Å². The van der Waals surface area contributed by atoms with Crippen molar-refractivity contribution < 1.29 is 29.2 Å². The lowest BCUT2D eigenvalue weighted by Gasteiger charge is -2.50. The summed E-state index contributed by atoms with van der Waals surface area (Å²) in [6.07, 6.45) is -3.05. The Labute approximate surface area is 235 Å². The summed E-state index contributed by atoms with van der Waals surface area (Å²) >= 11 is 0. The Balaban J connectivity index is 1.48. The van der Waals surface area contributed by atoms with Crippen LogP contribution in [0, 0.1) is 0 Å². The van der Waals surface area contributed by atoms with E-state index in [4.69, 9.17) is 18.9 Å². The van der Waals surface area contributed by atoms with Gasteiger partial charge in [-0.05, 0) is 22.3 Å². The average Bonchev–Trinajstić information content (AvgIpc) is 3.00. The molecule has 6 nitrogen and oxygen atoms in total. The average molecular weight is 541 g/mol. The summed E-state index contributed by atoms with van der Waals surface area (Å²) in [4.78, 5) is 0. The van der Waals surface area contributed by atoms with Gasteiger partial charge in [0.2, 0.25) is 0 Å². The SMILES string of the molecule is OC[C@@H]1O[C@](O)(Cc2ccccc2)[C@@H](OCc2ccccc2)[C@@H](OCc2ccccc2)[C@@H]1OCc1ccccc1. The van der Waals surface area contributed by atoms with E-state index in [1.165, 1.54) is 0 Å². The van der Waals surface area contributed by atoms with Crippen molar-refractivity contribution in [3.8, 4) is 0 Å². The molecule has 5 atom stereocenters. The molecule has 0 aromatic heterocycles. The molecule has 208 valence electrons. The van der Waals surface area contributed by atoms with Gasteiger partial charge < -0.3 is 29.2 Å². The van der Waals surface area contributed by atoms with Gasteiger partial charge in [-0.15, -0.1) is 0 Å². The molecule has 0 bridgehead atoms. The van der Waals surface area contributed by atoms with Crippen LogP contribution in [0.1, 0.15) is 22.3 Å². The van der Waals surface area contributed by atoms with E-state index < -0.39 is 30.2 Å². The summed E-state index contributed by atoms with van der Waals surface area (Å²) in [6, 6.07) is 39.1. The van der Waals surface area contributed by atoms with Crippen molar-refractivity contribution in [3.63, 3.8) is 0 Å². The molecule has 0 amide bonds. The zero-order valence-corrected chi connectivity index (χ0v) is 22.4. The van der Waals surface area contributed by atoms with E-state index in [1.807, 2.05) is 121 Å². The first-order valence-corrected chi connectivity index (χ1v) is 13.7. The Morgan fingerprint density at radius 3 is 1.40 bits per heavy atom. The van der Waals surface area contributed by atoms with Crippen LogP contribution in [0.15, 0.2) is 121 Å². The first kappa shape index (κ1) is 28.2. The lowest BCUT2D eigenvalue weighted by Crippen LogP contribution is -2.67. The number of ether oxygens (including phenoxy) is 4. The van der Waals surface area contributed by atoms with Crippen molar-refractivity contribution in [2.45, 2.75) is 56.4 Å². The maximum Gasteiger partial charge on any atom is 0.199 e. The van der Waals surface area contributed by atoms with Crippen molar-refractivity contribution in [2.75, 3.05) is 6.61 Å². The van der Waals surface area contributed by atoms with E-state index in [2.05, 4.69) is 0 Å². The fourth-order valence-corrected chi connectivity index (χ4v) is 5.11. The van der Waals surface area contributed by atoms with Crippen molar-refractivity contribution in [1.82, 2.24) is 0 Å². The molecule has 1 saturated heterocycles. The second-order valence-electron chi connectivity index (χ2n) is 10.1. The summed E-state index contributed by atoms with van der Waals surface area (Å²) in [5.41, 5.74) is 3.79. The highest BCUT2D eigenvalue weighted by molar-refractivity contribution is 5.19. The van der Waals surface area contributed by atoms with Crippen LogP contribution in [0.2, 0.25) is 0 Å². The highest BCUT2D eigenvalue weighted by Crippen LogP contribution is 2.37. The zero-order valence-electron chi connectivity index (χ0n) is 22.4. The topological polar surface area (TPSA) is 77.4 Å². The first-order chi connectivity index (χ1) is 19.6. The van der Waals surface area contributed by atoms with Crippen LogP contribution in [0.25, 0.3) is 0 Å². The lowest BCUT2D eigenvalue weighted by atomic mass is 9.88. The minimum atomic E-state index is -1.78.